The van der Waals surface area contributed by atoms with Gasteiger partial charge in [-0.15, -0.1) is 0 Å². The van der Waals surface area contributed by atoms with Gasteiger partial charge in [-0.05, 0) is 37.1 Å². The van der Waals surface area contributed by atoms with Crippen molar-refractivity contribution in [1.29, 1.82) is 5.26 Å². The van der Waals surface area contributed by atoms with Gasteiger partial charge in [-0.1, -0.05) is 25.8 Å². The Hall–Kier alpha value is -1.53. The average molecular weight is 257 g/mol. The molecule has 1 aliphatic carbocycles. The molecule has 3 heteroatoms. The van der Waals surface area contributed by atoms with Crippen LogP contribution in [0.1, 0.15) is 43.7 Å². The van der Waals surface area contributed by atoms with E-state index in [0.717, 1.165) is 24.3 Å². The van der Waals surface area contributed by atoms with Gasteiger partial charge in [0.25, 0.3) is 0 Å². The number of benzene rings is 1. The summed E-state index contributed by atoms with van der Waals surface area (Å²) >= 11 is 0. The summed E-state index contributed by atoms with van der Waals surface area (Å²) in [5, 5.41) is 12.7. The molecule has 1 aromatic rings. The minimum Gasteiger partial charge on any atom is -0.371 e. The topological polar surface area (TPSA) is 39.1 Å². The van der Waals surface area contributed by atoms with Crippen molar-refractivity contribution in [1.82, 2.24) is 5.32 Å². The van der Waals surface area contributed by atoms with Crippen LogP contribution in [-0.2, 0) is 6.54 Å². The smallest absolute Gasteiger partial charge is 0.101 e. The summed E-state index contributed by atoms with van der Waals surface area (Å²) < 4.78 is 0. The Morgan fingerprint density at radius 3 is 2.74 bits per heavy atom. The highest BCUT2D eigenvalue weighted by molar-refractivity contribution is 5.60. The third-order valence-electron chi connectivity index (χ3n) is 4.01. The van der Waals surface area contributed by atoms with Crippen LogP contribution < -0.4 is 10.2 Å². The number of hydrogen-bond acceptors (Lipinski definition) is 3. The van der Waals surface area contributed by atoms with Gasteiger partial charge in [0.1, 0.15) is 6.07 Å². The molecule has 1 aliphatic rings. The molecule has 0 spiro atoms. The number of nitrogens with zero attached hydrogens (tertiary/aromatic N) is 2. The molecule has 1 saturated carbocycles. The summed E-state index contributed by atoms with van der Waals surface area (Å²) in [5.74, 6) is 0. The molecule has 0 radical (unpaired) electrons. The molecule has 102 valence electrons. The Bertz CT molecular complexity index is 456. The normalized spacial score (nSPS) is 15.4. The van der Waals surface area contributed by atoms with Gasteiger partial charge in [0.15, 0.2) is 0 Å². The van der Waals surface area contributed by atoms with Crippen molar-refractivity contribution in [3.05, 3.63) is 29.3 Å². The lowest BCUT2D eigenvalue weighted by Crippen LogP contribution is -2.29. The molecule has 0 bridgehead atoms. The predicted molar refractivity (Wildman–Crippen MR) is 79.2 cm³/mol. The molecule has 0 atom stereocenters. The highest BCUT2D eigenvalue weighted by atomic mass is 15.1. The zero-order valence-corrected chi connectivity index (χ0v) is 11.9. The highest BCUT2D eigenvalue weighted by Crippen LogP contribution is 2.29. The Morgan fingerprint density at radius 1 is 1.37 bits per heavy atom. The molecule has 2 rings (SSSR count). The third kappa shape index (κ3) is 3.27. The van der Waals surface area contributed by atoms with Crippen molar-refractivity contribution in [3.8, 4) is 6.07 Å². The van der Waals surface area contributed by atoms with E-state index in [1.54, 1.807) is 0 Å². The number of nitriles is 1. The molecule has 19 heavy (non-hydrogen) atoms. The first-order chi connectivity index (χ1) is 9.26. The van der Waals surface area contributed by atoms with Gasteiger partial charge in [0, 0.05) is 19.6 Å². The lowest BCUT2D eigenvalue weighted by Gasteiger charge is -2.27. The maximum atomic E-state index is 9.36. The summed E-state index contributed by atoms with van der Waals surface area (Å²) in [6, 6.07) is 9.20. The molecule has 1 fully saturated rings. The standard InChI is InChI=1S/C16H23N3/c1-3-18-12-13-8-9-16(14(10-13)11-17)19(2)15-6-4-5-7-15/h8-10,15,18H,3-7,12H2,1-2H3. The van der Waals surface area contributed by atoms with Crippen LogP contribution in [-0.4, -0.2) is 19.6 Å². The Kier molecular flexibility index (Phi) is 4.81. The SMILES string of the molecule is CCNCc1ccc(N(C)C2CCCC2)c(C#N)c1. The van der Waals surface area contributed by atoms with Crippen LogP contribution in [0.15, 0.2) is 18.2 Å². The van der Waals surface area contributed by atoms with Gasteiger partial charge in [-0.3, -0.25) is 0 Å². The molecule has 0 amide bonds. The second-order valence-corrected chi connectivity index (χ2v) is 5.29. The van der Waals surface area contributed by atoms with Crippen molar-refractivity contribution < 1.29 is 0 Å². The third-order valence-corrected chi connectivity index (χ3v) is 4.01. The van der Waals surface area contributed by atoms with Gasteiger partial charge in [0.2, 0.25) is 0 Å². The van der Waals surface area contributed by atoms with Gasteiger partial charge in [-0.25, -0.2) is 0 Å². The largest absolute Gasteiger partial charge is 0.371 e. The number of anilines is 1. The van der Waals surface area contributed by atoms with E-state index in [-0.39, 0.29) is 0 Å². The lowest BCUT2D eigenvalue weighted by atomic mass is 10.1. The van der Waals surface area contributed by atoms with Crippen LogP contribution in [0.25, 0.3) is 0 Å². The predicted octanol–water partition coefficient (Wildman–Crippen LogP) is 3.05. The van der Waals surface area contributed by atoms with Crippen LogP contribution in [0.5, 0.6) is 0 Å². The number of nitrogens with one attached hydrogen (secondary N) is 1. The molecule has 1 N–H and O–H groups in total. The van der Waals surface area contributed by atoms with E-state index in [4.69, 9.17) is 0 Å². The summed E-state index contributed by atoms with van der Waals surface area (Å²) in [7, 11) is 2.12. The van der Waals surface area contributed by atoms with Crippen LogP contribution in [0.2, 0.25) is 0 Å². The molecular formula is C16H23N3. The molecule has 1 aromatic carbocycles. The van der Waals surface area contributed by atoms with Gasteiger partial charge in [0.05, 0.1) is 11.3 Å². The average Bonchev–Trinajstić information content (AvgIpc) is 2.98. The van der Waals surface area contributed by atoms with Crippen molar-refractivity contribution in [2.75, 3.05) is 18.5 Å². The van der Waals surface area contributed by atoms with Crippen molar-refractivity contribution in [2.45, 2.75) is 45.2 Å². The monoisotopic (exact) mass is 257 g/mol. The minimum atomic E-state index is 0.603. The van der Waals surface area contributed by atoms with Crippen LogP contribution >= 0.6 is 0 Å². The zero-order chi connectivity index (χ0) is 13.7. The van der Waals surface area contributed by atoms with Gasteiger partial charge < -0.3 is 10.2 Å². The van der Waals surface area contributed by atoms with E-state index in [9.17, 15) is 5.26 Å². The molecule has 3 nitrogen and oxygen atoms in total. The van der Waals surface area contributed by atoms with Crippen molar-refractivity contribution >= 4 is 5.69 Å². The van der Waals surface area contributed by atoms with E-state index < -0.39 is 0 Å². The fourth-order valence-corrected chi connectivity index (χ4v) is 2.85. The summed E-state index contributed by atoms with van der Waals surface area (Å²) in [6.45, 7) is 3.87. The Labute approximate surface area is 116 Å². The molecule has 0 saturated heterocycles. The minimum absolute atomic E-state index is 0.603. The van der Waals surface area contributed by atoms with E-state index in [1.165, 1.54) is 31.2 Å². The second-order valence-electron chi connectivity index (χ2n) is 5.29. The maximum Gasteiger partial charge on any atom is 0.101 e. The van der Waals surface area contributed by atoms with Crippen molar-refractivity contribution in [2.24, 2.45) is 0 Å². The van der Waals surface area contributed by atoms with Gasteiger partial charge >= 0.3 is 0 Å². The first kappa shape index (κ1) is 13.9. The Morgan fingerprint density at radius 2 is 2.11 bits per heavy atom. The summed E-state index contributed by atoms with van der Waals surface area (Å²) in [5.41, 5.74) is 3.06. The number of rotatable bonds is 5. The quantitative estimate of drug-likeness (QED) is 0.881. The fourth-order valence-electron chi connectivity index (χ4n) is 2.85. The number of hydrogen-bond donors (Lipinski definition) is 1. The van der Waals surface area contributed by atoms with E-state index in [2.05, 4.69) is 42.4 Å². The molecular weight excluding hydrogens is 234 g/mol. The van der Waals surface area contributed by atoms with Crippen LogP contribution in [0, 0.1) is 11.3 Å². The Balaban J connectivity index is 2.18. The van der Waals surface area contributed by atoms with E-state index in [0.29, 0.717) is 6.04 Å². The lowest BCUT2D eigenvalue weighted by molar-refractivity contribution is 0.652. The van der Waals surface area contributed by atoms with Crippen LogP contribution in [0.4, 0.5) is 5.69 Å². The second kappa shape index (κ2) is 6.58. The highest BCUT2D eigenvalue weighted by Gasteiger charge is 2.21. The molecule has 0 aromatic heterocycles. The molecule has 0 aliphatic heterocycles. The molecule has 0 unspecified atom stereocenters. The van der Waals surface area contributed by atoms with E-state index in [1.807, 2.05) is 6.07 Å². The first-order valence-electron chi connectivity index (χ1n) is 7.22. The van der Waals surface area contributed by atoms with Crippen molar-refractivity contribution in [3.63, 3.8) is 0 Å². The van der Waals surface area contributed by atoms with Gasteiger partial charge in [-0.2, -0.15) is 5.26 Å². The zero-order valence-electron chi connectivity index (χ0n) is 11.9. The van der Waals surface area contributed by atoms with Crippen LogP contribution in [0.3, 0.4) is 0 Å². The summed E-state index contributed by atoms with van der Waals surface area (Å²) in [6.07, 6.45) is 5.13. The first-order valence-corrected chi connectivity index (χ1v) is 7.22. The molecule has 0 heterocycles. The fraction of sp³-hybridized carbons (Fsp3) is 0.562. The maximum absolute atomic E-state index is 9.36. The summed E-state index contributed by atoms with van der Waals surface area (Å²) in [4.78, 5) is 2.29. The van der Waals surface area contributed by atoms with E-state index >= 15 is 0 Å².